The Hall–Kier alpha value is -1.39. The number of nitrogens with one attached hydrogen (secondary N) is 1. The molecule has 2 aliphatic heterocycles. The van der Waals surface area contributed by atoms with E-state index in [0.29, 0.717) is 25.2 Å². The first-order chi connectivity index (χ1) is 10.2. The molecule has 0 radical (unpaired) electrons. The number of hydrogen-bond acceptors (Lipinski definition) is 3. The molecule has 0 bridgehead atoms. The monoisotopic (exact) mass is 288 g/mol. The minimum absolute atomic E-state index is 0.170. The number of likely N-dealkylation sites (tertiary alicyclic amines) is 1. The molecule has 2 fully saturated rings. The predicted octanol–water partition coefficient (Wildman–Crippen LogP) is 1.69. The molecule has 21 heavy (non-hydrogen) atoms. The van der Waals surface area contributed by atoms with E-state index in [-0.39, 0.29) is 11.9 Å². The van der Waals surface area contributed by atoms with Crippen molar-refractivity contribution in [1.29, 1.82) is 0 Å². The second kappa shape index (κ2) is 6.16. The standard InChI is InChI=1S/C17H24N2O2/c1-12-5-3-4-6-15(12)14-9-13(2)19(10-14)17(20)16-11-21-8-7-18-16/h3-6,13-14,16,18H,7-11H2,1-2H3. The molecular formula is C17H24N2O2. The van der Waals surface area contributed by atoms with Crippen LogP contribution in [0.4, 0.5) is 0 Å². The Labute approximate surface area is 126 Å². The van der Waals surface area contributed by atoms with Crippen molar-refractivity contribution in [2.75, 3.05) is 26.3 Å². The van der Waals surface area contributed by atoms with Crippen molar-refractivity contribution in [1.82, 2.24) is 10.2 Å². The van der Waals surface area contributed by atoms with Gasteiger partial charge in [-0.05, 0) is 31.4 Å². The van der Waals surface area contributed by atoms with Crippen molar-refractivity contribution < 1.29 is 9.53 Å². The maximum absolute atomic E-state index is 12.7. The van der Waals surface area contributed by atoms with Crippen molar-refractivity contribution in [2.45, 2.75) is 38.3 Å². The fourth-order valence-electron chi connectivity index (χ4n) is 3.53. The van der Waals surface area contributed by atoms with Crippen LogP contribution >= 0.6 is 0 Å². The average Bonchev–Trinajstić information content (AvgIpc) is 2.89. The van der Waals surface area contributed by atoms with Crippen LogP contribution in [0.3, 0.4) is 0 Å². The molecule has 3 atom stereocenters. The third kappa shape index (κ3) is 2.97. The van der Waals surface area contributed by atoms with Crippen LogP contribution in [0.15, 0.2) is 24.3 Å². The first-order valence-corrected chi connectivity index (χ1v) is 7.84. The Kier molecular flexibility index (Phi) is 4.27. The van der Waals surface area contributed by atoms with Gasteiger partial charge in [0.25, 0.3) is 0 Å². The van der Waals surface area contributed by atoms with E-state index in [1.807, 2.05) is 4.90 Å². The van der Waals surface area contributed by atoms with Crippen LogP contribution in [0.5, 0.6) is 0 Å². The van der Waals surface area contributed by atoms with Crippen LogP contribution in [0.1, 0.15) is 30.4 Å². The summed E-state index contributed by atoms with van der Waals surface area (Å²) in [7, 11) is 0. The summed E-state index contributed by atoms with van der Waals surface area (Å²) in [4.78, 5) is 14.7. The summed E-state index contributed by atoms with van der Waals surface area (Å²) in [5.74, 6) is 0.646. The fraction of sp³-hybridized carbons (Fsp3) is 0.588. The molecule has 2 saturated heterocycles. The van der Waals surface area contributed by atoms with Gasteiger partial charge in [0.05, 0.1) is 13.2 Å². The highest BCUT2D eigenvalue weighted by molar-refractivity contribution is 5.83. The van der Waals surface area contributed by atoms with Gasteiger partial charge in [-0.2, -0.15) is 0 Å². The lowest BCUT2D eigenvalue weighted by Crippen LogP contribution is -2.53. The molecule has 1 aromatic rings. The second-order valence-corrected chi connectivity index (χ2v) is 6.21. The van der Waals surface area contributed by atoms with Gasteiger partial charge >= 0.3 is 0 Å². The van der Waals surface area contributed by atoms with E-state index < -0.39 is 0 Å². The van der Waals surface area contributed by atoms with E-state index in [4.69, 9.17) is 4.74 Å². The summed E-state index contributed by atoms with van der Waals surface area (Å²) in [5.41, 5.74) is 2.70. The summed E-state index contributed by atoms with van der Waals surface area (Å²) in [6.07, 6.45) is 1.05. The fourth-order valence-corrected chi connectivity index (χ4v) is 3.53. The number of carbonyl (C=O) groups excluding carboxylic acids is 1. The maximum atomic E-state index is 12.7. The normalized spacial score (nSPS) is 29.6. The molecule has 1 N–H and O–H groups in total. The molecule has 2 heterocycles. The molecule has 0 saturated carbocycles. The van der Waals surface area contributed by atoms with Crippen molar-refractivity contribution >= 4 is 5.91 Å². The summed E-state index contributed by atoms with van der Waals surface area (Å²) >= 11 is 0. The van der Waals surface area contributed by atoms with Gasteiger partial charge in [-0.25, -0.2) is 0 Å². The lowest BCUT2D eigenvalue weighted by atomic mass is 9.93. The molecular weight excluding hydrogens is 264 g/mol. The van der Waals surface area contributed by atoms with Gasteiger partial charge in [0.1, 0.15) is 6.04 Å². The second-order valence-electron chi connectivity index (χ2n) is 6.21. The molecule has 2 aliphatic rings. The number of ether oxygens (including phenoxy) is 1. The number of nitrogens with zero attached hydrogens (tertiary/aromatic N) is 1. The van der Waals surface area contributed by atoms with Crippen LogP contribution in [-0.2, 0) is 9.53 Å². The van der Waals surface area contributed by atoms with Crippen molar-refractivity contribution in [3.05, 3.63) is 35.4 Å². The number of hydrogen-bond donors (Lipinski definition) is 1. The number of rotatable bonds is 2. The first-order valence-electron chi connectivity index (χ1n) is 7.84. The van der Waals surface area contributed by atoms with Gasteiger partial charge in [-0.1, -0.05) is 24.3 Å². The SMILES string of the molecule is Cc1ccccc1C1CC(C)N(C(=O)C2COCCN2)C1. The number of benzene rings is 1. The molecule has 0 aromatic heterocycles. The number of aryl methyl sites for hydroxylation is 1. The Morgan fingerprint density at radius 3 is 2.90 bits per heavy atom. The number of morpholine rings is 1. The zero-order valence-electron chi connectivity index (χ0n) is 12.8. The number of amides is 1. The molecule has 4 nitrogen and oxygen atoms in total. The molecule has 1 amide bonds. The van der Waals surface area contributed by atoms with Crippen LogP contribution in [-0.4, -0.2) is 49.2 Å². The van der Waals surface area contributed by atoms with Gasteiger partial charge in [0.2, 0.25) is 5.91 Å². The molecule has 0 aliphatic carbocycles. The zero-order valence-corrected chi connectivity index (χ0v) is 12.8. The van der Waals surface area contributed by atoms with Crippen molar-refractivity contribution in [2.24, 2.45) is 0 Å². The lowest BCUT2D eigenvalue weighted by molar-refractivity contribution is -0.136. The van der Waals surface area contributed by atoms with E-state index in [0.717, 1.165) is 19.5 Å². The highest BCUT2D eigenvalue weighted by atomic mass is 16.5. The van der Waals surface area contributed by atoms with Crippen LogP contribution in [0.25, 0.3) is 0 Å². The van der Waals surface area contributed by atoms with Gasteiger partial charge in [0, 0.05) is 25.0 Å². The summed E-state index contributed by atoms with van der Waals surface area (Å²) in [6.45, 7) is 7.09. The van der Waals surface area contributed by atoms with Crippen LogP contribution in [0.2, 0.25) is 0 Å². The summed E-state index contributed by atoms with van der Waals surface area (Å²) in [6, 6.07) is 8.64. The minimum Gasteiger partial charge on any atom is -0.378 e. The topological polar surface area (TPSA) is 41.6 Å². The van der Waals surface area contributed by atoms with E-state index in [2.05, 4.69) is 43.4 Å². The van der Waals surface area contributed by atoms with Gasteiger partial charge in [0.15, 0.2) is 0 Å². The highest BCUT2D eigenvalue weighted by Gasteiger charge is 2.37. The number of carbonyl (C=O) groups is 1. The average molecular weight is 288 g/mol. The highest BCUT2D eigenvalue weighted by Crippen LogP contribution is 2.33. The summed E-state index contributed by atoms with van der Waals surface area (Å²) in [5, 5.41) is 3.27. The maximum Gasteiger partial charge on any atom is 0.242 e. The van der Waals surface area contributed by atoms with E-state index in [1.54, 1.807) is 0 Å². The van der Waals surface area contributed by atoms with Crippen LogP contribution < -0.4 is 5.32 Å². The molecule has 4 heteroatoms. The van der Waals surface area contributed by atoms with E-state index in [1.165, 1.54) is 11.1 Å². The molecule has 0 spiro atoms. The largest absolute Gasteiger partial charge is 0.378 e. The Balaban J connectivity index is 1.71. The lowest BCUT2D eigenvalue weighted by Gasteiger charge is -2.29. The van der Waals surface area contributed by atoms with Gasteiger partial charge in [-0.3, -0.25) is 4.79 Å². The van der Waals surface area contributed by atoms with Gasteiger partial charge < -0.3 is 15.0 Å². The smallest absolute Gasteiger partial charge is 0.242 e. The minimum atomic E-state index is -0.170. The molecule has 3 unspecified atom stereocenters. The quantitative estimate of drug-likeness (QED) is 0.900. The van der Waals surface area contributed by atoms with Crippen LogP contribution in [0, 0.1) is 6.92 Å². The Morgan fingerprint density at radius 1 is 1.38 bits per heavy atom. The predicted molar refractivity (Wildman–Crippen MR) is 82.3 cm³/mol. The Bertz CT molecular complexity index is 511. The molecule has 114 valence electrons. The van der Waals surface area contributed by atoms with E-state index in [9.17, 15) is 4.79 Å². The zero-order chi connectivity index (χ0) is 14.8. The molecule has 1 aromatic carbocycles. The first kappa shape index (κ1) is 14.5. The van der Waals surface area contributed by atoms with Crippen molar-refractivity contribution in [3.63, 3.8) is 0 Å². The van der Waals surface area contributed by atoms with Gasteiger partial charge in [-0.15, -0.1) is 0 Å². The molecule has 3 rings (SSSR count). The Morgan fingerprint density at radius 2 is 2.19 bits per heavy atom. The van der Waals surface area contributed by atoms with E-state index >= 15 is 0 Å². The third-order valence-corrected chi connectivity index (χ3v) is 4.71. The van der Waals surface area contributed by atoms with Crippen molar-refractivity contribution in [3.8, 4) is 0 Å². The summed E-state index contributed by atoms with van der Waals surface area (Å²) < 4.78 is 5.42. The third-order valence-electron chi connectivity index (χ3n) is 4.71.